The third-order valence-corrected chi connectivity index (χ3v) is 4.03. The first kappa shape index (κ1) is 14.3. The van der Waals surface area contributed by atoms with Crippen LogP contribution in [0.3, 0.4) is 0 Å². The summed E-state index contributed by atoms with van der Waals surface area (Å²) in [5, 5.41) is 12.6. The van der Waals surface area contributed by atoms with Gasteiger partial charge in [0.25, 0.3) is 0 Å². The van der Waals surface area contributed by atoms with Crippen molar-refractivity contribution in [3.8, 4) is 0 Å². The summed E-state index contributed by atoms with van der Waals surface area (Å²) >= 11 is 12.1. The summed E-state index contributed by atoms with van der Waals surface area (Å²) in [7, 11) is 0. The summed E-state index contributed by atoms with van der Waals surface area (Å²) in [5.41, 5.74) is 1.09. The Balaban J connectivity index is 2.20. The van der Waals surface area contributed by atoms with Gasteiger partial charge in [0.1, 0.15) is 11.9 Å². The monoisotopic (exact) mass is 320 g/mol. The lowest BCUT2D eigenvalue weighted by Crippen LogP contribution is -2.02. The fourth-order valence-corrected chi connectivity index (χ4v) is 2.82. The van der Waals surface area contributed by atoms with E-state index in [1.807, 2.05) is 0 Å². The zero-order valence-electron chi connectivity index (χ0n) is 10.9. The van der Waals surface area contributed by atoms with Crippen LogP contribution in [0.25, 0.3) is 10.8 Å². The van der Waals surface area contributed by atoms with E-state index in [2.05, 4.69) is 0 Å². The van der Waals surface area contributed by atoms with Gasteiger partial charge in [-0.05, 0) is 35.2 Å². The van der Waals surface area contributed by atoms with Crippen LogP contribution in [0.5, 0.6) is 0 Å². The molecule has 0 saturated carbocycles. The van der Waals surface area contributed by atoms with Crippen LogP contribution in [0.15, 0.2) is 54.6 Å². The van der Waals surface area contributed by atoms with Crippen molar-refractivity contribution in [3.05, 3.63) is 81.6 Å². The Morgan fingerprint density at radius 2 is 1.57 bits per heavy atom. The standard InChI is InChI=1S/C17H11Cl2FO/c18-10-5-7-15(19)14(9-10)17(21)13-6-8-16(20)12-4-2-1-3-11(12)13/h1-9,17,21H. The lowest BCUT2D eigenvalue weighted by Gasteiger charge is -2.16. The topological polar surface area (TPSA) is 20.2 Å². The molecule has 0 fully saturated rings. The van der Waals surface area contributed by atoms with Crippen molar-refractivity contribution in [1.29, 1.82) is 0 Å². The normalized spacial score (nSPS) is 12.6. The third kappa shape index (κ3) is 2.62. The Morgan fingerprint density at radius 1 is 0.857 bits per heavy atom. The number of rotatable bonds is 2. The highest BCUT2D eigenvalue weighted by atomic mass is 35.5. The van der Waals surface area contributed by atoms with Gasteiger partial charge in [0, 0.05) is 21.0 Å². The minimum atomic E-state index is -0.971. The Labute approximate surface area is 131 Å². The first-order valence-corrected chi connectivity index (χ1v) is 7.13. The van der Waals surface area contributed by atoms with Crippen molar-refractivity contribution in [2.24, 2.45) is 0 Å². The molecule has 0 aliphatic carbocycles. The second kappa shape index (κ2) is 5.64. The van der Waals surface area contributed by atoms with Gasteiger partial charge in [0.05, 0.1) is 0 Å². The maximum Gasteiger partial charge on any atom is 0.131 e. The second-order valence-corrected chi connectivity index (χ2v) is 5.59. The van der Waals surface area contributed by atoms with E-state index in [0.29, 0.717) is 31.9 Å². The molecule has 3 rings (SSSR count). The maximum atomic E-state index is 13.8. The summed E-state index contributed by atoms with van der Waals surface area (Å²) in [4.78, 5) is 0. The molecule has 3 aromatic rings. The largest absolute Gasteiger partial charge is 0.384 e. The first-order chi connectivity index (χ1) is 10.1. The van der Waals surface area contributed by atoms with E-state index in [-0.39, 0.29) is 5.82 Å². The minimum absolute atomic E-state index is 0.321. The number of hydrogen-bond acceptors (Lipinski definition) is 1. The maximum absolute atomic E-state index is 13.8. The second-order valence-electron chi connectivity index (χ2n) is 4.75. The van der Waals surface area contributed by atoms with Gasteiger partial charge in [-0.3, -0.25) is 0 Å². The van der Waals surface area contributed by atoms with E-state index in [1.54, 1.807) is 48.5 Å². The highest BCUT2D eigenvalue weighted by Gasteiger charge is 2.18. The van der Waals surface area contributed by atoms with Crippen LogP contribution in [0.4, 0.5) is 4.39 Å². The first-order valence-electron chi connectivity index (χ1n) is 6.38. The Morgan fingerprint density at radius 3 is 2.33 bits per heavy atom. The number of aliphatic hydroxyl groups excluding tert-OH is 1. The average molecular weight is 321 g/mol. The minimum Gasteiger partial charge on any atom is -0.384 e. The molecule has 1 atom stereocenters. The van der Waals surface area contributed by atoms with Crippen LogP contribution < -0.4 is 0 Å². The fraction of sp³-hybridized carbons (Fsp3) is 0.0588. The van der Waals surface area contributed by atoms with E-state index in [0.717, 1.165) is 0 Å². The van der Waals surface area contributed by atoms with E-state index < -0.39 is 6.10 Å². The molecule has 0 radical (unpaired) electrons. The molecule has 3 aromatic carbocycles. The number of hydrogen-bond donors (Lipinski definition) is 1. The molecule has 0 amide bonds. The van der Waals surface area contributed by atoms with Crippen molar-refractivity contribution in [2.45, 2.75) is 6.10 Å². The van der Waals surface area contributed by atoms with Crippen molar-refractivity contribution in [1.82, 2.24) is 0 Å². The molecule has 106 valence electrons. The lowest BCUT2D eigenvalue weighted by molar-refractivity contribution is 0.222. The Kier molecular flexibility index (Phi) is 3.85. The summed E-state index contributed by atoms with van der Waals surface area (Å²) in [5.74, 6) is -0.321. The molecule has 21 heavy (non-hydrogen) atoms. The van der Waals surface area contributed by atoms with Crippen molar-refractivity contribution in [2.75, 3.05) is 0 Å². The molecule has 0 aliphatic rings. The summed E-state index contributed by atoms with van der Waals surface area (Å²) < 4.78 is 13.8. The quantitative estimate of drug-likeness (QED) is 0.673. The van der Waals surface area contributed by atoms with Crippen molar-refractivity contribution in [3.63, 3.8) is 0 Å². The molecule has 0 aromatic heterocycles. The number of halogens is 3. The smallest absolute Gasteiger partial charge is 0.131 e. The molecular weight excluding hydrogens is 310 g/mol. The van der Waals surface area contributed by atoms with Crippen LogP contribution in [0.2, 0.25) is 10.0 Å². The molecule has 1 N–H and O–H groups in total. The molecule has 0 heterocycles. The average Bonchev–Trinajstić information content (AvgIpc) is 2.50. The Hall–Kier alpha value is -1.61. The third-order valence-electron chi connectivity index (χ3n) is 3.45. The van der Waals surface area contributed by atoms with Crippen LogP contribution in [0, 0.1) is 5.82 Å². The molecule has 1 unspecified atom stereocenters. The van der Waals surface area contributed by atoms with E-state index >= 15 is 0 Å². The van der Waals surface area contributed by atoms with Gasteiger partial charge in [0.15, 0.2) is 0 Å². The summed E-state index contributed by atoms with van der Waals surface area (Å²) in [6.45, 7) is 0. The van der Waals surface area contributed by atoms with Gasteiger partial charge < -0.3 is 5.11 Å². The van der Waals surface area contributed by atoms with Gasteiger partial charge in [0.2, 0.25) is 0 Å². The predicted molar refractivity (Wildman–Crippen MR) is 84.4 cm³/mol. The van der Waals surface area contributed by atoms with E-state index in [9.17, 15) is 9.50 Å². The zero-order valence-corrected chi connectivity index (χ0v) is 12.4. The van der Waals surface area contributed by atoms with Crippen LogP contribution >= 0.6 is 23.2 Å². The van der Waals surface area contributed by atoms with Gasteiger partial charge >= 0.3 is 0 Å². The summed E-state index contributed by atoms with van der Waals surface area (Å²) in [6.07, 6.45) is -0.971. The highest BCUT2D eigenvalue weighted by Crippen LogP contribution is 2.34. The van der Waals surface area contributed by atoms with Gasteiger partial charge in [-0.25, -0.2) is 4.39 Å². The number of benzene rings is 3. The highest BCUT2D eigenvalue weighted by molar-refractivity contribution is 6.33. The van der Waals surface area contributed by atoms with Gasteiger partial charge in [-0.2, -0.15) is 0 Å². The zero-order chi connectivity index (χ0) is 15.0. The molecule has 1 nitrogen and oxygen atoms in total. The predicted octanol–water partition coefficient (Wildman–Crippen LogP) is 5.37. The van der Waals surface area contributed by atoms with E-state index in [4.69, 9.17) is 23.2 Å². The molecule has 0 bridgehead atoms. The molecule has 0 spiro atoms. The van der Waals surface area contributed by atoms with Crippen molar-refractivity contribution < 1.29 is 9.50 Å². The summed E-state index contributed by atoms with van der Waals surface area (Å²) in [6, 6.07) is 14.8. The number of fused-ring (bicyclic) bond motifs is 1. The molecule has 0 aliphatic heterocycles. The Bertz CT molecular complexity index is 817. The number of aliphatic hydroxyl groups is 1. The fourth-order valence-electron chi connectivity index (χ4n) is 2.42. The molecule has 0 saturated heterocycles. The van der Waals surface area contributed by atoms with Crippen molar-refractivity contribution >= 4 is 34.0 Å². The van der Waals surface area contributed by atoms with Crippen LogP contribution in [-0.2, 0) is 0 Å². The molecule has 4 heteroatoms. The van der Waals surface area contributed by atoms with Gasteiger partial charge in [-0.15, -0.1) is 0 Å². The molecular formula is C17H11Cl2FO. The van der Waals surface area contributed by atoms with E-state index in [1.165, 1.54) is 6.07 Å². The van der Waals surface area contributed by atoms with Crippen LogP contribution in [-0.4, -0.2) is 5.11 Å². The van der Waals surface area contributed by atoms with Crippen LogP contribution in [0.1, 0.15) is 17.2 Å². The van der Waals surface area contributed by atoms with Gasteiger partial charge in [-0.1, -0.05) is 53.5 Å². The lowest BCUT2D eigenvalue weighted by atomic mass is 9.95. The SMILES string of the molecule is OC(c1cc(Cl)ccc1Cl)c1ccc(F)c2ccccc12.